The van der Waals surface area contributed by atoms with Crippen molar-refractivity contribution in [2.24, 2.45) is 0 Å². The fourth-order valence-electron chi connectivity index (χ4n) is 3.00. The molecule has 0 aliphatic carbocycles. The van der Waals surface area contributed by atoms with Gasteiger partial charge in [-0.1, -0.05) is 42.8 Å². The number of carbonyl (C=O) groups is 1. The van der Waals surface area contributed by atoms with Gasteiger partial charge in [0.15, 0.2) is 0 Å². The Morgan fingerprint density at radius 3 is 2.65 bits per heavy atom. The highest BCUT2D eigenvalue weighted by Gasteiger charge is 2.29. The van der Waals surface area contributed by atoms with Crippen LogP contribution in [-0.2, 0) is 23.0 Å². The van der Waals surface area contributed by atoms with Crippen molar-refractivity contribution < 1.29 is 13.2 Å². The molecule has 1 aliphatic rings. The summed E-state index contributed by atoms with van der Waals surface area (Å²) in [6.45, 7) is 3.20. The van der Waals surface area contributed by atoms with E-state index in [2.05, 4.69) is 5.32 Å². The second kappa shape index (κ2) is 7.78. The van der Waals surface area contributed by atoms with Gasteiger partial charge in [0.05, 0.1) is 15.5 Å². The van der Waals surface area contributed by atoms with Crippen LogP contribution in [0, 0.1) is 0 Å². The fourth-order valence-corrected chi connectivity index (χ4v) is 4.65. The molecule has 7 heteroatoms. The second-order valence-corrected chi connectivity index (χ2v) is 8.60. The van der Waals surface area contributed by atoms with Crippen molar-refractivity contribution >= 4 is 27.5 Å². The van der Waals surface area contributed by atoms with Crippen molar-refractivity contribution in [1.82, 2.24) is 9.62 Å². The Kier molecular flexibility index (Phi) is 5.65. The number of sulfonamides is 1. The average Bonchev–Trinajstić information content (AvgIpc) is 2.65. The summed E-state index contributed by atoms with van der Waals surface area (Å²) in [5.41, 5.74) is 2.37. The molecule has 0 saturated heterocycles. The van der Waals surface area contributed by atoms with Gasteiger partial charge >= 0.3 is 0 Å². The number of hydrogen-bond donors (Lipinski definition) is 1. The Balaban J connectivity index is 1.89. The molecule has 0 fully saturated rings. The second-order valence-electron chi connectivity index (χ2n) is 6.25. The third kappa shape index (κ3) is 3.77. The van der Waals surface area contributed by atoms with E-state index in [1.807, 2.05) is 31.2 Å². The minimum absolute atomic E-state index is 0.0860. The van der Waals surface area contributed by atoms with Gasteiger partial charge in [0.1, 0.15) is 0 Å². The van der Waals surface area contributed by atoms with Crippen LogP contribution in [0.1, 0.15) is 34.8 Å². The minimum atomic E-state index is -3.70. The third-order valence-electron chi connectivity index (χ3n) is 4.45. The summed E-state index contributed by atoms with van der Waals surface area (Å²) in [4.78, 5) is 12.3. The van der Waals surface area contributed by atoms with E-state index in [0.29, 0.717) is 26.1 Å². The van der Waals surface area contributed by atoms with E-state index >= 15 is 0 Å². The Bertz CT molecular complexity index is 928. The van der Waals surface area contributed by atoms with E-state index < -0.39 is 10.0 Å². The quantitative estimate of drug-likeness (QED) is 0.849. The number of hydrogen-bond acceptors (Lipinski definition) is 3. The predicted molar refractivity (Wildman–Crippen MR) is 102 cm³/mol. The SMILES string of the molecule is CCCNC(=O)c1cc(S(=O)(=O)N2CCc3ccccc3C2)ccc1Cl. The van der Waals surface area contributed by atoms with Crippen LogP contribution in [0.2, 0.25) is 5.02 Å². The molecular weight excluding hydrogens is 372 g/mol. The molecule has 0 unspecified atom stereocenters. The molecular formula is C19H21ClN2O3S. The van der Waals surface area contributed by atoms with Crippen molar-refractivity contribution in [3.8, 4) is 0 Å². The van der Waals surface area contributed by atoms with Gasteiger partial charge in [0.2, 0.25) is 10.0 Å². The Hall–Kier alpha value is -1.89. The highest BCUT2D eigenvalue weighted by atomic mass is 35.5. The number of fused-ring (bicyclic) bond motifs is 1. The molecule has 1 heterocycles. The van der Waals surface area contributed by atoms with Gasteiger partial charge in [-0.3, -0.25) is 4.79 Å². The molecule has 26 heavy (non-hydrogen) atoms. The zero-order valence-electron chi connectivity index (χ0n) is 14.5. The van der Waals surface area contributed by atoms with Crippen LogP contribution in [-0.4, -0.2) is 31.7 Å². The first-order chi connectivity index (χ1) is 12.4. The predicted octanol–water partition coefficient (Wildman–Crippen LogP) is 3.23. The first kappa shape index (κ1) is 18.9. The smallest absolute Gasteiger partial charge is 0.252 e. The average molecular weight is 393 g/mol. The molecule has 0 bridgehead atoms. The maximum Gasteiger partial charge on any atom is 0.252 e. The molecule has 1 amide bonds. The van der Waals surface area contributed by atoms with Crippen LogP contribution in [0.25, 0.3) is 0 Å². The van der Waals surface area contributed by atoms with Crippen LogP contribution < -0.4 is 5.32 Å². The van der Waals surface area contributed by atoms with Crippen LogP contribution >= 0.6 is 11.6 Å². The van der Waals surface area contributed by atoms with Gasteiger partial charge in [-0.2, -0.15) is 4.31 Å². The summed E-state index contributed by atoms with van der Waals surface area (Å²) in [6, 6.07) is 12.1. The number of halogens is 1. The number of nitrogens with zero attached hydrogens (tertiary/aromatic N) is 1. The van der Waals surface area contributed by atoms with Crippen LogP contribution in [0.4, 0.5) is 0 Å². The van der Waals surface area contributed by atoms with E-state index in [0.717, 1.165) is 12.0 Å². The van der Waals surface area contributed by atoms with Gasteiger partial charge in [0, 0.05) is 19.6 Å². The topological polar surface area (TPSA) is 66.5 Å². The van der Waals surface area contributed by atoms with Crippen molar-refractivity contribution in [2.75, 3.05) is 13.1 Å². The zero-order chi connectivity index (χ0) is 18.7. The molecule has 1 N–H and O–H groups in total. The molecule has 0 atom stereocenters. The van der Waals surface area contributed by atoms with Crippen LogP contribution in [0.15, 0.2) is 47.4 Å². The molecule has 0 radical (unpaired) electrons. The van der Waals surface area contributed by atoms with Gasteiger partial charge in [-0.05, 0) is 42.2 Å². The van der Waals surface area contributed by atoms with E-state index in [1.54, 1.807) is 0 Å². The first-order valence-electron chi connectivity index (χ1n) is 8.58. The molecule has 2 aromatic carbocycles. The van der Waals surface area contributed by atoms with Crippen molar-refractivity contribution in [3.05, 3.63) is 64.2 Å². The highest BCUT2D eigenvalue weighted by molar-refractivity contribution is 7.89. The third-order valence-corrected chi connectivity index (χ3v) is 6.62. The normalized spacial score (nSPS) is 14.7. The monoisotopic (exact) mass is 392 g/mol. The van der Waals surface area contributed by atoms with Crippen molar-refractivity contribution in [2.45, 2.75) is 31.2 Å². The lowest BCUT2D eigenvalue weighted by Crippen LogP contribution is -2.36. The maximum atomic E-state index is 13.0. The van der Waals surface area contributed by atoms with Crippen molar-refractivity contribution in [1.29, 1.82) is 0 Å². The van der Waals surface area contributed by atoms with E-state index in [4.69, 9.17) is 11.6 Å². The number of benzene rings is 2. The largest absolute Gasteiger partial charge is 0.352 e. The lowest BCUT2D eigenvalue weighted by molar-refractivity contribution is 0.0953. The van der Waals surface area contributed by atoms with Gasteiger partial charge < -0.3 is 5.32 Å². The Morgan fingerprint density at radius 1 is 1.19 bits per heavy atom. The summed E-state index contributed by atoms with van der Waals surface area (Å²) < 4.78 is 27.5. The molecule has 0 aromatic heterocycles. The molecule has 138 valence electrons. The fraction of sp³-hybridized carbons (Fsp3) is 0.316. The van der Waals surface area contributed by atoms with E-state index in [9.17, 15) is 13.2 Å². The highest BCUT2D eigenvalue weighted by Crippen LogP contribution is 2.27. The molecule has 1 aliphatic heterocycles. The van der Waals surface area contributed by atoms with Gasteiger partial charge in [-0.25, -0.2) is 8.42 Å². The van der Waals surface area contributed by atoms with Crippen molar-refractivity contribution in [3.63, 3.8) is 0 Å². The molecule has 3 rings (SSSR count). The summed E-state index contributed by atoms with van der Waals surface area (Å²) in [5, 5.41) is 2.97. The number of nitrogens with one attached hydrogen (secondary N) is 1. The molecule has 0 spiro atoms. The summed E-state index contributed by atoms with van der Waals surface area (Å²) in [6.07, 6.45) is 1.46. The molecule has 5 nitrogen and oxygen atoms in total. The Labute approximate surface area is 159 Å². The standard InChI is InChI=1S/C19H21ClN2O3S/c1-2-10-21-19(23)17-12-16(7-8-18(17)20)26(24,25)22-11-9-14-5-3-4-6-15(14)13-22/h3-8,12H,2,9-11,13H2,1H3,(H,21,23). The van der Waals surface area contributed by atoms with Gasteiger partial charge in [0.25, 0.3) is 5.91 Å². The van der Waals surface area contributed by atoms with Crippen LogP contribution in [0.3, 0.4) is 0 Å². The molecule has 0 saturated carbocycles. The number of carbonyl (C=O) groups excluding carboxylic acids is 1. The zero-order valence-corrected chi connectivity index (χ0v) is 16.1. The van der Waals surface area contributed by atoms with Crippen LogP contribution in [0.5, 0.6) is 0 Å². The van der Waals surface area contributed by atoms with E-state index in [1.165, 1.54) is 28.1 Å². The Morgan fingerprint density at radius 2 is 1.92 bits per heavy atom. The minimum Gasteiger partial charge on any atom is -0.352 e. The lowest BCUT2D eigenvalue weighted by atomic mass is 10.0. The van der Waals surface area contributed by atoms with E-state index in [-0.39, 0.29) is 21.4 Å². The summed E-state index contributed by atoms with van der Waals surface area (Å²) >= 11 is 6.10. The summed E-state index contributed by atoms with van der Waals surface area (Å²) in [5.74, 6) is -0.363. The van der Waals surface area contributed by atoms with Gasteiger partial charge in [-0.15, -0.1) is 0 Å². The first-order valence-corrected chi connectivity index (χ1v) is 10.4. The molecule has 2 aromatic rings. The summed E-state index contributed by atoms with van der Waals surface area (Å²) in [7, 11) is -3.70. The number of rotatable bonds is 5. The number of amides is 1. The maximum absolute atomic E-state index is 13.0. The lowest BCUT2D eigenvalue weighted by Gasteiger charge is -2.28.